The molecule has 1 heterocycles. The molecule has 5 rings (SSSR count). The highest BCUT2D eigenvalue weighted by Crippen LogP contribution is 2.58. The van der Waals surface area contributed by atoms with Crippen molar-refractivity contribution in [2.45, 2.75) is 20.3 Å². The third-order valence-electron chi connectivity index (χ3n) is 5.59. The first-order chi connectivity index (χ1) is 11.1. The highest BCUT2D eigenvalue weighted by Gasteiger charge is 2.54. The lowest BCUT2D eigenvalue weighted by atomic mass is 9.48. The van der Waals surface area contributed by atoms with Crippen molar-refractivity contribution >= 4 is 11.9 Å². The zero-order valence-corrected chi connectivity index (χ0v) is 13.6. The van der Waals surface area contributed by atoms with Crippen LogP contribution in [0.4, 0.5) is 0 Å². The number of hydrogen-bond acceptors (Lipinski definition) is 1. The summed E-state index contributed by atoms with van der Waals surface area (Å²) in [6.07, 6.45) is 11.2. The number of aromatic nitrogens is 1. The maximum absolute atomic E-state index is 12.1. The van der Waals surface area contributed by atoms with E-state index in [1.165, 1.54) is 5.57 Å². The molecule has 3 aliphatic carbocycles. The lowest BCUT2D eigenvalue weighted by Gasteiger charge is -2.54. The van der Waals surface area contributed by atoms with Gasteiger partial charge in [0, 0.05) is 24.0 Å². The molecule has 0 N–H and O–H groups in total. The molecule has 2 heteroatoms. The fraction of sp³-hybridized carbons (Fsp3) is 0.286. The Morgan fingerprint density at radius 1 is 1.04 bits per heavy atom. The van der Waals surface area contributed by atoms with Crippen LogP contribution in [0.1, 0.15) is 25.8 Å². The van der Waals surface area contributed by atoms with E-state index in [1.54, 1.807) is 0 Å². The van der Waals surface area contributed by atoms with Gasteiger partial charge in [0.15, 0.2) is 5.78 Å². The van der Waals surface area contributed by atoms with Crippen LogP contribution in [0.5, 0.6) is 0 Å². The van der Waals surface area contributed by atoms with E-state index in [2.05, 4.69) is 54.8 Å². The number of hydrogen-bond donors (Lipinski definition) is 0. The van der Waals surface area contributed by atoms with Crippen molar-refractivity contribution in [2.24, 2.45) is 17.3 Å². The van der Waals surface area contributed by atoms with Gasteiger partial charge in [-0.3, -0.25) is 4.79 Å². The van der Waals surface area contributed by atoms with Crippen LogP contribution in [0.3, 0.4) is 0 Å². The van der Waals surface area contributed by atoms with E-state index in [0.717, 1.165) is 17.7 Å². The Kier molecular flexibility index (Phi) is 3.15. The average molecular weight is 303 g/mol. The molecule has 0 amide bonds. The van der Waals surface area contributed by atoms with E-state index in [1.807, 2.05) is 30.6 Å². The van der Waals surface area contributed by atoms with Crippen LogP contribution >= 0.6 is 0 Å². The third-order valence-corrected chi connectivity index (χ3v) is 5.59. The van der Waals surface area contributed by atoms with E-state index in [0.29, 0.717) is 11.7 Å². The van der Waals surface area contributed by atoms with Crippen LogP contribution in [0.25, 0.3) is 11.8 Å². The normalized spacial score (nSPS) is 25.3. The van der Waals surface area contributed by atoms with Gasteiger partial charge in [-0.1, -0.05) is 38.1 Å². The van der Waals surface area contributed by atoms with Crippen LogP contribution in [0.15, 0.2) is 66.5 Å². The number of allylic oxidation sites excluding steroid dienone is 3. The van der Waals surface area contributed by atoms with Crippen molar-refractivity contribution in [1.82, 2.24) is 4.57 Å². The first kappa shape index (κ1) is 14.3. The molecular weight excluding hydrogens is 282 g/mol. The summed E-state index contributed by atoms with van der Waals surface area (Å²) in [6.45, 7) is 4.44. The number of carbonyl (C=O) groups is 1. The van der Waals surface area contributed by atoms with E-state index in [-0.39, 0.29) is 11.3 Å². The Morgan fingerprint density at radius 3 is 2.35 bits per heavy atom. The van der Waals surface area contributed by atoms with Gasteiger partial charge in [0.05, 0.1) is 0 Å². The van der Waals surface area contributed by atoms with E-state index < -0.39 is 0 Å². The summed E-state index contributed by atoms with van der Waals surface area (Å²) >= 11 is 0. The number of nitrogens with zero attached hydrogens (tertiary/aromatic N) is 1. The average Bonchev–Trinajstić information content (AvgIpc) is 3.07. The van der Waals surface area contributed by atoms with Crippen LogP contribution in [0.2, 0.25) is 0 Å². The molecule has 2 atom stereocenters. The van der Waals surface area contributed by atoms with E-state index in [4.69, 9.17) is 0 Å². The van der Waals surface area contributed by atoms with Crippen LogP contribution in [-0.4, -0.2) is 10.4 Å². The van der Waals surface area contributed by atoms with Gasteiger partial charge >= 0.3 is 0 Å². The Labute approximate surface area is 137 Å². The van der Waals surface area contributed by atoms with Crippen LogP contribution < -0.4 is 0 Å². The fourth-order valence-corrected chi connectivity index (χ4v) is 3.96. The Balaban J connectivity index is 1.54. The summed E-state index contributed by atoms with van der Waals surface area (Å²) in [5.41, 5.74) is 3.64. The molecule has 0 unspecified atom stereocenters. The molecule has 0 radical (unpaired) electrons. The molecule has 3 aliphatic rings. The van der Waals surface area contributed by atoms with Crippen molar-refractivity contribution in [3.8, 4) is 5.69 Å². The minimum absolute atomic E-state index is 0.129. The second-order valence-electron chi connectivity index (χ2n) is 7.22. The molecule has 1 fully saturated rings. The molecule has 116 valence electrons. The van der Waals surface area contributed by atoms with Crippen LogP contribution in [0, 0.1) is 17.3 Å². The zero-order valence-electron chi connectivity index (χ0n) is 13.6. The molecule has 1 saturated carbocycles. The number of ketones is 1. The SMILES string of the molecule is CC1(C)[C@@H]2C[C@H]1C(=O)C=C2/C=C/c1ccc(-n2cccc2)cc1. The van der Waals surface area contributed by atoms with Gasteiger partial charge < -0.3 is 4.57 Å². The molecule has 2 bridgehead atoms. The fourth-order valence-electron chi connectivity index (χ4n) is 3.96. The molecule has 0 spiro atoms. The maximum Gasteiger partial charge on any atom is 0.159 e. The van der Waals surface area contributed by atoms with Crippen molar-refractivity contribution in [3.05, 3.63) is 72.1 Å². The minimum Gasteiger partial charge on any atom is -0.324 e. The van der Waals surface area contributed by atoms with Gasteiger partial charge in [-0.2, -0.15) is 0 Å². The molecule has 2 nitrogen and oxygen atoms in total. The summed E-state index contributed by atoms with van der Waals surface area (Å²) in [5, 5.41) is 0. The number of benzene rings is 1. The van der Waals surface area contributed by atoms with Gasteiger partial charge in [0.25, 0.3) is 0 Å². The summed E-state index contributed by atoms with van der Waals surface area (Å²) in [5.74, 6) is 1.08. The van der Waals surface area contributed by atoms with Crippen LogP contribution in [-0.2, 0) is 4.79 Å². The minimum atomic E-state index is 0.129. The van der Waals surface area contributed by atoms with Crippen molar-refractivity contribution in [3.63, 3.8) is 0 Å². The van der Waals surface area contributed by atoms with Gasteiger partial charge in [-0.15, -0.1) is 0 Å². The van der Waals surface area contributed by atoms with Gasteiger partial charge in [-0.05, 0) is 59.2 Å². The van der Waals surface area contributed by atoms with Gasteiger partial charge in [0.2, 0.25) is 0 Å². The Bertz CT molecular complexity index is 791. The molecule has 0 aliphatic heterocycles. The zero-order chi connectivity index (χ0) is 16.0. The highest BCUT2D eigenvalue weighted by atomic mass is 16.1. The highest BCUT2D eigenvalue weighted by molar-refractivity contribution is 5.96. The molecule has 1 aromatic carbocycles. The third kappa shape index (κ3) is 2.29. The second-order valence-corrected chi connectivity index (χ2v) is 7.22. The van der Waals surface area contributed by atoms with Crippen molar-refractivity contribution in [2.75, 3.05) is 0 Å². The monoisotopic (exact) mass is 303 g/mol. The van der Waals surface area contributed by atoms with Crippen molar-refractivity contribution in [1.29, 1.82) is 0 Å². The van der Waals surface area contributed by atoms with Gasteiger partial charge in [0.1, 0.15) is 0 Å². The summed E-state index contributed by atoms with van der Waals surface area (Å²) < 4.78 is 2.09. The predicted octanol–water partition coefficient (Wildman–Crippen LogP) is 4.66. The Hall–Kier alpha value is -2.35. The van der Waals surface area contributed by atoms with E-state index >= 15 is 0 Å². The summed E-state index contributed by atoms with van der Waals surface area (Å²) in [7, 11) is 0. The topological polar surface area (TPSA) is 22.0 Å². The summed E-state index contributed by atoms with van der Waals surface area (Å²) in [4.78, 5) is 12.1. The van der Waals surface area contributed by atoms with Gasteiger partial charge in [-0.25, -0.2) is 0 Å². The lowest BCUT2D eigenvalue weighted by molar-refractivity contribution is -0.133. The molecule has 1 aromatic heterocycles. The molecule has 2 aromatic rings. The Morgan fingerprint density at radius 2 is 1.74 bits per heavy atom. The van der Waals surface area contributed by atoms with Crippen molar-refractivity contribution < 1.29 is 4.79 Å². The standard InChI is InChI=1S/C21H21NO/c1-21(2)18-14-19(21)20(23)13-16(18)8-5-15-6-9-17(10-7-15)22-11-3-4-12-22/h3-13,18-19H,14H2,1-2H3/b8-5+/t18-,19+/m1/s1. The lowest BCUT2D eigenvalue weighted by Crippen LogP contribution is -2.52. The number of rotatable bonds is 3. The number of carbonyl (C=O) groups excluding carboxylic acids is 1. The largest absolute Gasteiger partial charge is 0.324 e. The summed E-state index contributed by atoms with van der Waals surface area (Å²) in [6, 6.07) is 12.5. The smallest absolute Gasteiger partial charge is 0.159 e. The maximum atomic E-state index is 12.1. The van der Waals surface area contributed by atoms with E-state index in [9.17, 15) is 4.79 Å². The number of fused-ring (bicyclic) bond motifs is 1. The second kappa shape index (κ2) is 5.09. The quantitative estimate of drug-likeness (QED) is 0.808. The predicted molar refractivity (Wildman–Crippen MR) is 93.3 cm³/mol. The first-order valence-electron chi connectivity index (χ1n) is 8.22. The molecule has 0 saturated heterocycles. The first-order valence-corrected chi connectivity index (χ1v) is 8.22. The molecular formula is C21H21NO. The molecule has 23 heavy (non-hydrogen) atoms.